The minimum absolute atomic E-state index is 0.464. The highest BCUT2D eigenvalue weighted by Crippen LogP contribution is 2.27. The molecule has 3 aromatic rings. The van der Waals surface area contributed by atoms with Crippen molar-refractivity contribution in [2.75, 3.05) is 0 Å². The van der Waals surface area contributed by atoms with Crippen molar-refractivity contribution in [1.29, 1.82) is 0 Å². The second kappa shape index (κ2) is 8.37. The highest BCUT2D eigenvalue weighted by molar-refractivity contribution is 7.98. The molecule has 0 aliphatic rings. The zero-order chi connectivity index (χ0) is 18.5. The lowest BCUT2D eigenvalue weighted by atomic mass is 10.0. The van der Waals surface area contributed by atoms with Gasteiger partial charge in [-0.25, -0.2) is 4.98 Å². The van der Waals surface area contributed by atoms with Gasteiger partial charge in [-0.15, -0.1) is 0 Å². The normalized spacial score (nSPS) is 11.0. The molecule has 3 nitrogen and oxygen atoms in total. The Morgan fingerprint density at radius 3 is 2.54 bits per heavy atom. The third-order valence-corrected chi connectivity index (χ3v) is 5.07. The minimum Gasteiger partial charge on any atom is -0.439 e. The van der Waals surface area contributed by atoms with Crippen LogP contribution in [0.25, 0.3) is 0 Å². The van der Waals surface area contributed by atoms with Crippen LogP contribution >= 0.6 is 11.8 Å². The molecule has 2 aromatic carbocycles. The number of hydrogen-bond donors (Lipinski definition) is 0. The van der Waals surface area contributed by atoms with Gasteiger partial charge in [-0.3, -0.25) is 0 Å². The van der Waals surface area contributed by atoms with Gasteiger partial charge >= 0.3 is 0 Å². The van der Waals surface area contributed by atoms with Gasteiger partial charge in [0.25, 0.3) is 0 Å². The van der Waals surface area contributed by atoms with Gasteiger partial charge < -0.3 is 4.74 Å². The molecule has 0 aliphatic heterocycles. The summed E-state index contributed by atoms with van der Waals surface area (Å²) in [6.07, 6.45) is 0. The van der Waals surface area contributed by atoms with Crippen molar-refractivity contribution in [2.45, 2.75) is 44.5 Å². The van der Waals surface area contributed by atoms with Crippen LogP contribution in [0.2, 0.25) is 0 Å². The average molecular weight is 365 g/mol. The Bertz CT molecular complexity index is 893. The second-order valence-electron chi connectivity index (χ2n) is 6.67. The maximum atomic E-state index is 6.00. The van der Waals surface area contributed by atoms with Gasteiger partial charge in [-0.05, 0) is 48.6 Å². The van der Waals surface area contributed by atoms with E-state index >= 15 is 0 Å². The van der Waals surface area contributed by atoms with Crippen LogP contribution in [-0.2, 0) is 5.75 Å². The van der Waals surface area contributed by atoms with Crippen molar-refractivity contribution < 1.29 is 4.74 Å². The van der Waals surface area contributed by atoms with E-state index in [4.69, 9.17) is 4.74 Å². The Morgan fingerprint density at radius 1 is 0.962 bits per heavy atom. The van der Waals surface area contributed by atoms with Crippen LogP contribution in [0.4, 0.5) is 0 Å². The molecule has 0 spiro atoms. The van der Waals surface area contributed by atoms with Crippen molar-refractivity contribution >= 4 is 11.8 Å². The predicted molar refractivity (Wildman–Crippen MR) is 108 cm³/mol. The quantitative estimate of drug-likeness (QED) is 0.380. The summed E-state index contributed by atoms with van der Waals surface area (Å²) in [7, 11) is 0. The topological polar surface area (TPSA) is 35.0 Å². The van der Waals surface area contributed by atoms with E-state index in [1.165, 1.54) is 16.7 Å². The summed E-state index contributed by atoms with van der Waals surface area (Å²) >= 11 is 1.63. The van der Waals surface area contributed by atoms with Gasteiger partial charge in [-0.1, -0.05) is 62.0 Å². The molecule has 0 aliphatic carbocycles. The zero-order valence-electron chi connectivity index (χ0n) is 15.7. The van der Waals surface area contributed by atoms with E-state index in [9.17, 15) is 0 Å². The van der Waals surface area contributed by atoms with E-state index in [-0.39, 0.29) is 0 Å². The number of hydrogen-bond acceptors (Lipinski definition) is 4. The molecule has 4 heteroatoms. The van der Waals surface area contributed by atoms with E-state index in [0.29, 0.717) is 11.8 Å². The highest BCUT2D eigenvalue weighted by atomic mass is 32.2. The first-order valence-corrected chi connectivity index (χ1v) is 9.80. The van der Waals surface area contributed by atoms with Crippen molar-refractivity contribution in [1.82, 2.24) is 9.97 Å². The van der Waals surface area contributed by atoms with Gasteiger partial charge in [-0.2, -0.15) is 4.98 Å². The molecule has 0 radical (unpaired) electrons. The number of rotatable bonds is 6. The number of benzene rings is 2. The minimum atomic E-state index is 0.464. The molecule has 134 valence electrons. The number of aromatic nitrogens is 2. The molecule has 0 saturated carbocycles. The molecular weight excluding hydrogens is 340 g/mol. The first-order valence-electron chi connectivity index (χ1n) is 8.82. The fourth-order valence-corrected chi connectivity index (χ4v) is 3.57. The molecule has 0 amide bonds. The molecule has 1 heterocycles. The van der Waals surface area contributed by atoms with Crippen LogP contribution < -0.4 is 4.74 Å². The average Bonchev–Trinajstić information content (AvgIpc) is 2.61. The van der Waals surface area contributed by atoms with Crippen molar-refractivity contribution in [2.24, 2.45) is 0 Å². The molecule has 0 saturated heterocycles. The Morgan fingerprint density at radius 2 is 1.77 bits per heavy atom. The van der Waals surface area contributed by atoms with E-state index in [0.717, 1.165) is 22.4 Å². The summed E-state index contributed by atoms with van der Waals surface area (Å²) in [6, 6.07) is 18.4. The van der Waals surface area contributed by atoms with Crippen molar-refractivity contribution in [3.63, 3.8) is 0 Å². The number of nitrogens with zero attached hydrogens (tertiary/aromatic N) is 2. The van der Waals surface area contributed by atoms with Gasteiger partial charge in [0.2, 0.25) is 5.88 Å². The lowest BCUT2D eigenvalue weighted by Gasteiger charge is -2.10. The van der Waals surface area contributed by atoms with Crippen LogP contribution in [0.3, 0.4) is 0 Å². The van der Waals surface area contributed by atoms with Gasteiger partial charge in [0.05, 0.1) is 0 Å². The van der Waals surface area contributed by atoms with Crippen molar-refractivity contribution in [3.05, 3.63) is 77.0 Å². The van der Waals surface area contributed by atoms with E-state index < -0.39 is 0 Å². The molecule has 0 bridgehead atoms. The predicted octanol–water partition coefficient (Wildman–Crippen LogP) is 6.30. The Kier molecular flexibility index (Phi) is 5.94. The molecule has 26 heavy (non-hydrogen) atoms. The summed E-state index contributed by atoms with van der Waals surface area (Å²) < 4.78 is 6.00. The molecule has 3 rings (SSSR count). The number of thioether (sulfide) groups is 1. The summed E-state index contributed by atoms with van der Waals surface area (Å²) in [5.74, 6) is 2.71. The van der Waals surface area contributed by atoms with Crippen LogP contribution in [0.15, 0.2) is 59.8 Å². The summed E-state index contributed by atoms with van der Waals surface area (Å²) in [6.45, 7) is 8.45. The van der Waals surface area contributed by atoms with Crippen LogP contribution in [0.5, 0.6) is 11.6 Å². The smallest absolute Gasteiger partial charge is 0.223 e. The van der Waals surface area contributed by atoms with E-state index in [2.05, 4.69) is 67.1 Å². The largest absolute Gasteiger partial charge is 0.439 e. The standard InChI is InChI=1S/C22H24N2OS/c1-15(2)18-10-7-11-20(13-18)25-21-12-17(4)23-22(24-21)26-14-19-9-6-5-8-16(19)3/h5-13,15H,14H2,1-4H3. The summed E-state index contributed by atoms with van der Waals surface area (Å²) in [5.41, 5.74) is 4.74. The highest BCUT2D eigenvalue weighted by Gasteiger charge is 2.08. The first-order chi connectivity index (χ1) is 12.5. The third kappa shape index (κ3) is 4.85. The molecule has 0 unspecified atom stereocenters. The van der Waals surface area contributed by atoms with Crippen molar-refractivity contribution in [3.8, 4) is 11.6 Å². The fourth-order valence-electron chi connectivity index (χ4n) is 2.60. The SMILES string of the molecule is Cc1cc(Oc2cccc(C(C)C)c2)nc(SCc2ccccc2C)n1. The zero-order valence-corrected chi connectivity index (χ0v) is 16.5. The van der Waals surface area contributed by atoms with Crippen LogP contribution in [0, 0.1) is 13.8 Å². The van der Waals surface area contributed by atoms with Crippen LogP contribution in [-0.4, -0.2) is 9.97 Å². The number of aryl methyl sites for hydroxylation is 2. The second-order valence-corrected chi connectivity index (χ2v) is 7.62. The number of ether oxygens (including phenoxy) is 1. The van der Waals surface area contributed by atoms with Crippen LogP contribution in [0.1, 0.15) is 42.1 Å². The summed E-state index contributed by atoms with van der Waals surface area (Å²) in [4.78, 5) is 9.12. The Balaban J connectivity index is 1.75. The van der Waals surface area contributed by atoms with E-state index in [1.54, 1.807) is 11.8 Å². The van der Waals surface area contributed by atoms with Gasteiger partial charge in [0.15, 0.2) is 5.16 Å². The lowest BCUT2D eigenvalue weighted by molar-refractivity contribution is 0.453. The maximum absolute atomic E-state index is 6.00. The van der Waals surface area contributed by atoms with E-state index in [1.807, 2.05) is 25.1 Å². The molecule has 0 N–H and O–H groups in total. The Labute approximate surface area is 159 Å². The Hall–Kier alpha value is -2.33. The monoisotopic (exact) mass is 364 g/mol. The molecule has 0 atom stereocenters. The molecular formula is C22H24N2OS. The fraction of sp³-hybridized carbons (Fsp3) is 0.273. The van der Waals surface area contributed by atoms with Gasteiger partial charge in [0, 0.05) is 17.5 Å². The molecule has 1 aromatic heterocycles. The maximum Gasteiger partial charge on any atom is 0.223 e. The lowest BCUT2D eigenvalue weighted by Crippen LogP contribution is -1.96. The van der Waals surface area contributed by atoms with Gasteiger partial charge in [0.1, 0.15) is 5.75 Å². The first kappa shape index (κ1) is 18.5. The molecule has 0 fully saturated rings. The summed E-state index contributed by atoms with van der Waals surface area (Å²) in [5, 5.41) is 0.739. The third-order valence-electron chi connectivity index (χ3n) is 4.18.